The van der Waals surface area contributed by atoms with Crippen molar-refractivity contribution < 1.29 is 4.79 Å². The molecule has 0 unspecified atom stereocenters. The van der Waals surface area contributed by atoms with E-state index in [-0.39, 0.29) is 5.91 Å². The number of nitrogens with two attached hydrogens (primary N) is 1. The van der Waals surface area contributed by atoms with Gasteiger partial charge in [0, 0.05) is 29.9 Å². The molecule has 0 bridgehead atoms. The molecule has 1 heterocycles. The second-order valence-electron chi connectivity index (χ2n) is 2.84. The number of nitrogens with zero attached hydrogens (tertiary/aromatic N) is 1. The fourth-order valence-electron chi connectivity index (χ4n) is 1.03. The van der Waals surface area contributed by atoms with E-state index in [1.165, 1.54) is 0 Å². The molecule has 2 N–H and O–H groups in total. The number of aryl methyl sites for hydroxylation is 1. The summed E-state index contributed by atoms with van der Waals surface area (Å²) in [7, 11) is 0. The minimum Gasteiger partial charge on any atom is -0.370 e. The van der Waals surface area contributed by atoms with Crippen LogP contribution in [0.2, 0.25) is 0 Å². The SMILES string of the molecule is NC(=O)CCCn1ccc(=S)cc1. The normalized spacial score (nSPS) is 9.85. The minimum absolute atomic E-state index is 0.250. The number of carbonyl (C=O) groups excluding carboxylic acids is 1. The number of rotatable bonds is 4. The average Bonchev–Trinajstić information content (AvgIpc) is 2.08. The van der Waals surface area contributed by atoms with E-state index in [1.54, 1.807) is 0 Å². The van der Waals surface area contributed by atoms with E-state index >= 15 is 0 Å². The summed E-state index contributed by atoms with van der Waals surface area (Å²) in [5.41, 5.74) is 5.02. The van der Waals surface area contributed by atoms with Gasteiger partial charge in [-0.05, 0) is 18.6 Å². The van der Waals surface area contributed by atoms with E-state index in [2.05, 4.69) is 0 Å². The molecular formula is C9H12N2OS. The molecule has 0 aliphatic rings. The Morgan fingerprint density at radius 1 is 1.46 bits per heavy atom. The van der Waals surface area contributed by atoms with Gasteiger partial charge in [-0.3, -0.25) is 4.79 Å². The van der Waals surface area contributed by atoms with Crippen molar-refractivity contribution in [3.63, 3.8) is 0 Å². The van der Waals surface area contributed by atoms with Crippen LogP contribution in [-0.2, 0) is 11.3 Å². The summed E-state index contributed by atoms with van der Waals surface area (Å²) in [4.78, 5) is 10.4. The molecule has 0 spiro atoms. The number of hydrogen-bond donors (Lipinski definition) is 1. The maximum Gasteiger partial charge on any atom is 0.217 e. The summed E-state index contributed by atoms with van der Waals surface area (Å²) in [6.45, 7) is 0.804. The number of amides is 1. The number of pyridine rings is 1. The monoisotopic (exact) mass is 196 g/mol. The number of carbonyl (C=O) groups is 1. The third kappa shape index (κ3) is 3.85. The van der Waals surface area contributed by atoms with Gasteiger partial charge in [0.05, 0.1) is 0 Å². The fraction of sp³-hybridized carbons (Fsp3) is 0.333. The second kappa shape index (κ2) is 4.77. The first-order chi connectivity index (χ1) is 6.18. The highest BCUT2D eigenvalue weighted by molar-refractivity contribution is 7.71. The zero-order chi connectivity index (χ0) is 9.68. The average molecular weight is 196 g/mol. The summed E-state index contributed by atoms with van der Waals surface area (Å²) >= 11 is 4.94. The molecule has 0 aromatic carbocycles. The van der Waals surface area contributed by atoms with Gasteiger partial charge in [-0.1, -0.05) is 12.2 Å². The van der Waals surface area contributed by atoms with Crippen LogP contribution in [0.4, 0.5) is 0 Å². The third-order valence-corrected chi connectivity index (χ3v) is 1.97. The van der Waals surface area contributed by atoms with E-state index in [9.17, 15) is 4.79 Å². The standard InChI is InChI=1S/C9H12N2OS/c10-9(12)2-1-5-11-6-3-8(13)4-7-11/h3-4,6-7H,1-2,5H2,(H2,10,12). The summed E-state index contributed by atoms with van der Waals surface area (Å²) < 4.78 is 2.81. The van der Waals surface area contributed by atoms with Crippen LogP contribution in [0, 0.1) is 4.51 Å². The predicted octanol–water partition coefficient (Wildman–Crippen LogP) is 1.48. The van der Waals surface area contributed by atoms with E-state index in [1.807, 2.05) is 29.1 Å². The molecule has 13 heavy (non-hydrogen) atoms. The Labute approximate surface area is 82.2 Å². The Hall–Kier alpha value is -1.16. The molecule has 0 saturated heterocycles. The van der Waals surface area contributed by atoms with Crippen molar-refractivity contribution in [1.82, 2.24) is 4.57 Å². The summed E-state index contributed by atoms with van der Waals surface area (Å²) in [6.07, 6.45) is 5.02. The van der Waals surface area contributed by atoms with E-state index < -0.39 is 0 Å². The van der Waals surface area contributed by atoms with Crippen LogP contribution in [0.25, 0.3) is 0 Å². The summed E-state index contributed by atoms with van der Waals surface area (Å²) in [5, 5.41) is 0. The predicted molar refractivity (Wildman–Crippen MR) is 53.7 cm³/mol. The first kappa shape index (κ1) is 9.92. The Kier molecular flexibility index (Phi) is 3.64. The van der Waals surface area contributed by atoms with Crippen molar-refractivity contribution in [3.05, 3.63) is 29.0 Å². The molecule has 0 saturated carbocycles. The Bertz CT molecular complexity index is 325. The quantitative estimate of drug-likeness (QED) is 0.741. The van der Waals surface area contributed by atoms with Gasteiger partial charge in [0.2, 0.25) is 5.91 Å². The van der Waals surface area contributed by atoms with E-state index in [4.69, 9.17) is 18.0 Å². The highest BCUT2D eigenvalue weighted by Crippen LogP contribution is 1.96. The molecular weight excluding hydrogens is 184 g/mol. The maximum absolute atomic E-state index is 10.4. The maximum atomic E-state index is 10.4. The zero-order valence-electron chi connectivity index (χ0n) is 7.27. The van der Waals surface area contributed by atoms with Gasteiger partial charge in [0.15, 0.2) is 0 Å². The van der Waals surface area contributed by atoms with Gasteiger partial charge >= 0.3 is 0 Å². The van der Waals surface area contributed by atoms with Gasteiger partial charge in [-0.25, -0.2) is 0 Å². The highest BCUT2D eigenvalue weighted by atomic mass is 32.1. The fourth-order valence-corrected chi connectivity index (χ4v) is 1.15. The zero-order valence-corrected chi connectivity index (χ0v) is 8.09. The van der Waals surface area contributed by atoms with Crippen LogP contribution in [0.1, 0.15) is 12.8 Å². The van der Waals surface area contributed by atoms with E-state index in [0.717, 1.165) is 17.5 Å². The van der Waals surface area contributed by atoms with Gasteiger partial charge < -0.3 is 10.3 Å². The molecule has 1 amide bonds. The highest BCUT2D eigenvalue weighted by Gasteiger charge is 1.93. The third-order valence-electron chi connectivity index (χ3n) is 1.70. The molecule has 0 aliphatic heterocycles. The number of hydrogen-bond acceptors (Lipinski definition) is 2. The lowest BCUT2D eigenvalue weighted by Crippen LogP contribution is -2.11. The minimum atomic E-state index is -0.250. The van der Waals surface area contributed by atoms with Gasteiger partial charge in [0.1, 0.15) is 0 Å². The van der Waals surface area contributed by atoms with Gasteiger partial charge in [-0.15, -0.1) is 0 Å². The Balaban J connectivity index is 2.41. The van der Waals surface area contributed by atoms with Crippen molar-refractivity contribution in [2.24, 2.45) is 5.73 Å². The van der Waals surface area contributed by atoms with Crippen molar-refractivity contribution in [1.29, 1.82) is 0 Å². The van der Waals surface area contributed by atoms with Gasteiger partial charge in [-0.2, -0.15) is 0 Å². The molecule has 0 atom stereocenters. The molecule has 4 heteroatoms. The molecule has 0 fully saturated rings. The lowest BCUT2D eigenvalue weighted by molar-refractivity contribution is -0.118. The molecule has 0 aliphatic carbocycles. The van der Waals surface area contributed by atoms with Gasteiger partial charge in [0.25, 0.3) is 0 Å². The first-order valence-corrected chi connectivity index (χ1v) is 4.54. The summed E-state index contributed by atoms with van der Waals surface area (Å²) in [5.74, 6) is -0.250. The molecule has 1 aromatic rings. The Morgan fingerprint density at radius 3 is 2.62 bits per heavy atom. The van der Waals surface area contributed by atoms with Crippen LogP contribution in [0.3, 0.4) is 0 Å². The van der Waals surface area contributed by atoms with Crippen LogP contribution >= 0.6 is 12.2 Å². The molecule has 0 radical (unpaired) electrons. The molecule has 3 nitrogen and oxygen atoms in total. The largest absolute Gasteiger partial charge is 0.370 e. The van der Waals surface area contributed by atoms with Crippen molar-refractivity contribution in [3.8, 4) is 0 Å². The molecule has 1 aromatic heterocycles. The Morgan fingerprint density at radius 2 is 2.08 bits per heavy atom. The second-order valence-corrected chi connectivity index (χ2v) is 3.31. The van der Waals surface area contributed by atoms with Crippen LogP contribution in [0.15, 0.2) is 24.5 Å². The van der Waals surface area contributed by atoms with E-state index in [0.29, 0.717) is 6.42 Å². The molecule has 70 valence electrons. The number of primary amides is 1. The van der Waals surface area contributed by atoms with Crippen LogP contribution < -0.4 is 5.73 Å². The lowest BCUT2D eigenvalue weighted by atomic mass is 10.3. The smallest absolute Gasteiger partial charge is 0.217 e. The first-order valence-electron chi connectivity index (χ1n) is 4.13. The van der Waals surface area contributed by atoms with Crippen LogP contribution in [0.5, 0.6) is 0 Å². The van der Waals surface area contributed by atoms with Crippen molar-refractivity contribution >= 4 is 18.1 Å². The molecule has 1 rings (SSSR count). The summed E-state index contributed by atoms with van der Waals surface area (Å²) in [6, 6.07) is 3.72. The number of aromatic nitrogens is 1. The van der Waals surface area contributed by atoms with Crippen LogP contribution in [-0.4, -0.2) is 10.5 Å². The topological polar surface area (TPSA) is 48.0 Å². The van der Waals surface area contributed by atoms with Crippen molar-refractivity contribution in [2.45, 2.75) is 19.4 Å². The lowest BCUT2D eigenvalue weighted by Gasteiger charge is -2.03. The van der Waals surface area contributed by atoms with Crippen molar-refractivity contribution in [2.75, 3.05) is 0 Å².